The highest BCUT2D eigenvalue weighted by Crippen LogP contribution is 2.38. The first-order valence-electron chi connectivity index (χ1n) is 11.1. The van der Waals surface area contributed by atoms with Gasteiger partial charge in [0.1, 0.15) is 13.2 Å². The number of hydrogen-bond donors (Lipinski definition) is 2. The van der Waals surface area contributed by atoms with E-state index in [1.54, 1.807) is 6.08 Å². The number of unbranched alkanes of at least 4 members (excludes halogenated alkanes) is 5. The number of carbonyl (C=O) groups is 1. The highest BCUT2D eigenvalue weighted by Gasteiger charge is 2.23. The number of likely N-dealkylation sites (N-methyl/N-ethyl adjacent to an activating group) is 1. The van der Waals surface area contributed by atoms with Crippen molar-refractivity contribution in [3.63, 3.8) is 0 Å². The van der Waals surface area contributed by atoms with Gasteiger partial charge in [-0.3, -0.25) is 9.36 Å². The van der Waals surface area contributed by atoms with Gasteiger partial charge in [0.15, 0.2) is 0 Å². The summed E-state index contributed by atoms with van der Waals surface area (Å²) in [5.41, 5.74) is 0. The minimum atomic E-state index is -4.53. The quantitative estimate of drug-likeness (QED) is 0.144. The lowest BCUT2D eigenvalue weighted by Crippen LogP contribution is -2.45. The molecule has 3 atom stereocenters. The van der Waals surface area contributed by atoms with Gasteiger partial charge < -0.3 is 28.8 Å². The van der Waals surface area contributed by atoms with Gasteiger partial charge in [0.2, 0.25) is 5.91 Å². The monoisotopic (exact) mass is 450 g/mol. The van der Waals surface area contributed by atoms with E-state index in [2.05, 4.69) is 12.2 Å². The molecule has 30 heavy (non-hydrogen) atoms. The van der Waals surface area contributed by atoms with Crippen LogP contribution in [-0.4, -0.2) is 68.5 Å². The molecule has 0 saturated carbocycles. The third-order valence-corrected chi connectivity index (χ3v) is 5.46. The molecule has 0 bridgehead atoms. The van der Waals surface area contributed by atoms with Crippen LogP contribution < -0.4 is 10.2 Å². The molecule has 0 aromatic rings. The van der Waals surface area contributed by atoms with E-state index in [0.717, 1.165) is 44.9 Å². The number of hydrogen-bond acceptors (Lipinski definition) is 6. The molecule has 0 heterocycles. The molecular weight excluding hydrogens is 407 g/mol. The Morgan fingerprint density at radius 2 is 1.77 bits per heavy atom. The third kappa shape index (κ3) is 17.0. The molecule has 0 aliphatic carbocycles. The Kier molecular flexibility index (Phi) is 15.6. The summed E-state index contributed by atoms with van der Waals surface area (Å²) in [6.07, 6.45) is 9.43. The zero-order valence-electron chi connectivity index (χ0n) is 19.5. The van der Waals surface area contributed by atoms with E-state index in [0.29, 0.717) is 17.4 Å². The average molecular weight is 451 g/mol. The molecule has 0 rings (SSSR count). The van der Waals surface area contributed by atoms with Crippen molar-refractivity contribution in [3.8, 4) is 0 Å². The summed E-state index contributed by atoms with van der Waals surface area (Å²) in [5, 5.41) is 13.1. The number of nitrogens with one attached hydrogen (secondary N) is 1. The molecule has 0 saturated heterocycles. The van der Waals surface area contributed by atoms with E-state index in [1.807, 2.05) is 34.1 Å². The smallest absolute Gasteiger partial charge is 0.268 e. The van der Waals surface area contributed by atoms with Gasteiger partial charge in [0.25, 0.3) is 7.82 Å². The minimum absolute atomic E-state index is 0.00178. The lowest BCUT2D eigenvalue weighted by molar-refractivity contribution is -0.870. The molecule has 178 valence electrons. The minimum Gasteiger partial charge on any atom is -0.756 e. The Morgan fingerprint density at radius 1 is 1.13 bits per heavy atom. The molecule has 3 unspecified atom stereocenters. The summed E-state index contributed by atoms with van der Waals surface area (Å²) in [7, 11) is 1.24. The van der Waals surface area contributed by atoms with Crippen molar-refractivity contribution in [2.75, 3.05) is 40.9 Å². The van der Waals surface area contributed by atoms with E-state index < -0.39 is 20.0 Å². The van der Waals surface area contributed by atoms with Crippen molar-refractivity contribution in [1.82, 2.24) is 5.32 Å². The average Bonchev–Trinajstić information content (AvgIpc) is 2.63. The fraction of sp³-hybridized carbons (Fsp3) is 0.857. The number of phosphoric acid groups is 1. The summed E-state index contributed by atoms with van der Waals surface area (Å²) in [5.74, 6) is -0.234. The number of rotatable bonds is 18. The number of carbonyl (C=O) groups excluding carboxylic acids is 1. The Balaban J connectivity index is 4.80. The summed E-state index contributed by atoms with van der Waals surface area (Å²) < 4.78 is 22.4. The maximum atomic E-state index is 12.2. The van der Waals surface area contributed by atoms with Gasteiger partial charge >= 0.3 is 0 Å². The number of amides is 1. The van der Waals surface area contributed by atoms with E-state index in [-0.39, 0.29) is 19.1 Å². The molecule has 0 aliphatic rings. The van der Waals surface area contributed by atoms with Gasteiger partial charge in [0, 0.05) is 6.42 Å². The number of nitrogens with zero attached hydrogens (tertiary/aromatic N) is 1. The van der Waals surface area contributed by atoms with Crippen molar-refractivity contribution in [3.05, 3.63) is 12.2 Å². The van der Waals surface area contributed by atoms with Crippen LogP contribution in [-0.2, 0) is 18.4 Å². The van der Waals surface area contributed by atoms with Gasteiger partial charge in [-0.25, -0.2) is 0 Å². The highest BCUT2D eigenvalue weighted by molar-refractivity contribution is 7.45. The number of allylic oxidation sites excluding steroid dienone is 1. The molecule has 9 heteroatoms. The van der Waals surface area contributed by atoms with Gasteiger partial charge in [-0.05, 0) is 19.3 Å². The van der Waals surface area contributed by atoms with Crippen LogP contribution in [0.3, 0.4) is 0 Å². The van der Waals surface area contributed by atoms with Gasteiger partial charge in [-0.1, -0.05) is 51.7 Å². The standard InChI is InChI=1S/C21H43N2O6P/c1-6-8-10-11-13-14-20(24)19(22-21(25)15-12-9-7-2)18-29-30(26,27)28-17-16-23(3,4)5/h13-14,19-20,24H,6-12,15-18H2,1-5H3,(H-,22,25,26,27)/b14-13+. The number of quaternary nitrogens is 1. The molecule has 0 aromatic heterocycles. The maximum absolute atomic E-state index is 12.2. The predicted octanol–water partition coefficient (Wildman–Crippen LogP) is 2.76. The summed E-state index contributed by atoms with van der Waals surface area (Å²) >= 11 is 0. The van der Waals surface area contributed by atoms with Crippen LogP contribution in [0.1, 0.15) is 65.2 Å². The van der Waals surface area contributed by atoms with Crippen molar-refractivity contribution < 1.29 is 32.9 Å². The highest BCUT2D eigenvalue weighted by atomic mass is 31.2. The molecule has 0 fully saturated rings. The Bertz CT molecular complexity index is 536. The first kappa shape index (κ1) is 29.2. The van der Waals surface area contributed by atoms with Gasteiger partial charge in [-0.2, -0.15) is 0 Å². The molecule has 2 N–H and O–H groups in total. The number of aliphatic hydroxyl groups excluding tert-OH is 1. The normalized spacial score (nSPS) is 16.4. The summed E-state index contributed by atoms with van der Waals surface area (Å²) in [4.78, 5) is 24.2. The summed E-state index contributed by atoms with van der Waals surface area (Å²) in [6.45, 7) is 4.27. The van der Waals surface area contributed by atoms with Crippen LogP contribution >= 0.6 is 7.82 Å². The third-order valence-electron chi connectivity index (χ3n) is 4.50. The zero-order chi connectivity index (χ0) is 23.0. The lowest BCUT2D eigenvalue weighted by atomic mass is 10.1. The van der Waals surface area contributed by atoms with Crippen molar-refractivity contribution in [2.45, 2.75) is 77.4 Å². The molecule has 0 radical (unpaired) electrons. The van der Waals surface area contributed by atoms with Crippen LogP contribution in [0.4, 0.5) is 0 Å². The Hall–Kier alpha value is -0.760. The van der Waals surface area contributed by atoms with Gasteiger partial charge in [0.05, 0.1) is 39.9 Å². The van der Waals surface area contributed by atoms with E-state index in [4.69, 9.17) is 9.05 Å². The fourth-order valence-corrected chi connectivity index (χ4v) is 3.28. The molecule has 0 spiro atoms. The zero-order valence-corrected chi connectivity index (χ0v) is 20.4. The predicted molar refractivity (Wildman–Crippen MR) is 118 cm³/mol. The molecule has 1 amide bonds. The second kappa shape index (κ2) is 16.0. The first-order chi connectivity index (χ1) is 14.0. The first-order valence-corrected chi connectivity index (χ1v) is 12.5. The van der Waals surface area contributed by atoms with Crippen molar-refractivity contribution in [2.24, 2.45) is 0 Å². The van der Waals surface area contributed by atoms with Gasteiger partial charge in [-0.15, -0.1) is 0 Å². The van der Waals surface area contributed by atoms with E-state index >= 15 is 0 Å². The topological polar surface area (TPSA) is 108 Å². The van der Waals surface area contributed by atoms with Crippen molar-refractivity contribution >= 4 is 13.7 Å². The number of phosphoric ester groups is 1. The van der Waals surface area contributed by atoms with Crippen LogP contribution in [0.5, 0.6) is 0 Å². The second-order valence-electron chi connectivity index (χ2n) is 8.64. The van der Waals surface area contributed by atoms with E-state index in [9.17, 15) is 19.4 Å². The Labute approximate surface area is 182 Å². The van der Waals surface area contributed by atoms with Crippen molar-refractivity contribution in [1.29, 1.82) is 0 Å². The SMILES string of the molecule is CCCCC/C=C/C(O)C(COP(=O)([O-])OCC[N+](C)(C)C)NC(=O)CCCCC. The number of aliphatic hydroxyl groups is 1. The largest absolute Gasteiger partial charge is 0.756 e. The molecule has 0 aromatic carbocycles. The maximum Gasteiger partial charge on any atom is 0.268 e. The lowest BCUT2D eigenvalue weighted by Gasteiger charge is -2.29. The van der Waals surface area contributed by atoms with Crippen LogP contribution in [0, 0.1) is 0 Å². The summed E-state index contributed by atoms with van der Waals surface area (Å²) in [6, 6.07) is -0.870. The second-order valence-corrected chi connectivity index (χ2v) is 10.0. The van der Waals surface area contributed by atoms with E-state index in [1.165, 1.54) is 0 Å². The molecule has 0 aliphatic heterocycles. The molecular formula is C21H43N2O6P. The fourth-order valence-electron chi connectivity index (χ4n) is 2.56. The van der Waals surface area contributed by atoms with Crippen LogP contribution in [0.2, 0.25) is 0 Å². The Morgan fingerprint density at radius 3 is 2.37 bits per heavy atom. The van der Waals surface area contributed by atoms with Crippen LogP contribution in [0.15, 0.2) is 12.2 Å². The molecule has 8 nitrogen and oxygen atoms in total. The van der Waals surface area contributed by atoms with Crippen LogP contribution in [0.25, 0.3) is 0 Å².